The minimum Gasteiger partial charge on any atom is -0.466 e. The van der Waals surface area contributed by atoms with E-state index in [9.17, 15) is 4.79 Å². The van der Waals surface area contributed by atoms with Crippen LogP contribution in [0.2, 0.25) is 0 Å². The zero-order valence-corrected chi connectivity index (χ0v) is 9.87. The minimum atomic E-state index is -0.0582. The van der Waals surface area contributed by atoms with E-state index < -0.39 is 0 Å². The van der Waals surface area contributed by atoms with Crippen LogP contribution in [0.3, 0.4) is 0 Å². The number of aryl methyl sites for hydroxylation is 1. The smallest absolute Gasteiger partial charge is 0.306 e. The van der Waals surface area contributed by atoms with E-state index in [1.807, 2.05) is 0 Å². The summed E-state index contributed by atoms with van der Waals surface area (Å²) in [6, 6.07) is 6.58. The van der Waals surface area contributed by atoms with Gasteiger partial charge < -0.3 is 10.1 Å². The van der Waals surface area contributed by atoms with Gasteiger partial charge in [0.25, 0.3) is 0 Å². The number of carbonyl (C=O) groups is 1. The van der Waals surface area contributed by atoms with Crippen molar-refractivity contribution in [2.24, 2.45) is 0 Å². The first-order valence-electron chi connectivity index (χ1n) is 6.35. The van der Waals surface area contributed by atoms with Gasteiger partial charge in [-0.1, -0.05) is 12.1 Å². The summed E-state index contributed by atoms with van der Waals surface area (Å²) in [5.41, 5.74) is 3.95. The summed E-state index contributed by atoms with van der Waals surface area (Å²) in [5.74, 6) is 0.292. The van der Waals surface area contributed by atoms with Gasteiger partial charge in [-0.3, -0.25) is 4.79 Å². The molecule has 1 atom stereocenters. The summed E-state index contributed by atoms with van der Waals surface area (Å²) in [7, 11) is 0. The van der Waals surface area contributed by atoms with Crippen molar-refractivity contribution < 1.29 is 9.53 Å². The topological polar surface area (TPSA) is 38.3 Å². The molecule has 0 aliphatic carbocycles. The summed E-state index contributed by atoms with van der Waals surface area (Å²) in [4.78, 5) is 11.3. The molecule has 0 saturated carbocycles. The largest absolute Gasteiger partial charge is 0.466 e. The molecule has 1 aromatic rings. The minimum absolute atomic E-state index is 0.0582. The standard InChI is InChI=1S/C14H17NO2/c16-14-9-11(5-7-17-14)10-3-4-13-12(8-10)2-1-6-15-13/h3-4,8,11,15H,1-2,5-7,9H2/t11-/m0/s1. The van der Waals surface area contributed by atoms with Crippen LogP contribution in [-0.4, -0.2) is 19.1 Å². The molecule has 0 aromatic heterocycles. The van der Waals surface area contributed by atoms with Gasteiger partial charge in [0.2, 0.25) is 0 Å². The van der Waals surface area contributed by atoms with Gasteiger partial charge in [-0.05, 0) is 42.4 Å². The molecular weight excluding hydrogens is 214 g/mol. The van der Waals surface area contributed by atoms with Gasteiger partial charge in [-0.25, -0.2) is 0 Å². The van der Waals surface area contributed by atoms with E-state index in [2.05, 4.69) is 23.5 Å². The van der Waals surface area contributed by atoms with Crippen LogP contribution in [0.1, 0.15) is 36.3 Å². The second-order valence-electron chi connectivity index (χ2n) is 4.86. The van der Waals surface area contributed by atoms with Crippen molar-refractivity contribution in [3.05, 3.63) is 29.3 Å². The summed E-state index contributed by atoms with van der Waals surface area (Å²) in [6.45, 7) is 1.64. The van der Waals surface area contributed by atoms with Crippen molar-refractivity contribution >= 4 is 11.7 Å². The quantitative estimate of drug-likeness (QED) is 0.754. The molecule has 3 nitrogen and oxygen atoms in total. The maximum Gasteiger partial charge on any atom is 0.306 e. The highest BCUT2D eigenvalue weighted by atomic mass is 16.5. The van der Waals surface area contributed by atoms with Crippen LogP contribution in [0.25, 0.3) is 0 Å². The van der Waals surface area contributed by atoms with E-state index in [1.54, 1.807) is 0 Å². The van der Waals surface area contributed by atoms with E-state index in [0.717, 1.165) is 19.4 Å². The average Bonchev–Trinajstić information content (AvgIpc) is 2.38. The normalized spacial score (nSPS) is 23.5. The Morgan fingerprint density at radius 3 is 3.18 bits per heavy atom. The lowest BCUT2D eigenvalue weighted by molar-refractivity contribution is -0.147. The Bertz CT molecular complexity index is 442. The van der Waals surface area contributed by atoms with Crippen molar-refractivity contribution in [1.29, 1.82) is 0 Å². The predicted octanol–water partition coefficient (Wildman–Crippen LogP) is 2.47. The third-order valence-electron chi connectivity index (χ3n) is 3.68. The lowest BCUT2D eigenvalue weighted by Gasteiger charge is -2.24. The van der Waals surface area contributed by atoms with Crippen LogP contribution in [0, 0.1) is 0 Å². The molecule has 1 saturated heterocycles. The number of carbonyl (C=O) groups excluding carboxylic acids is 1. The molecule has 90 valence electrons. The molecule has 3 heteroatoms. The number of anilines is 1. The average molecular weight is 231 g/mol. The van der Waals surface area contributed by atoms with Crippen LogP contribution < -0.4 is 5.32 Å². The van der Waals surface area contributed by atoms with Crippen LogP contribution in [0.15, 0.2) is 18.2 Å². The molecule has 0 spiro atoms. The Hall–Kier alpha value is -1.51. The zero-order valence-electron chi connectivity index (χ0n) is 9.87. The molecule has 2 aliphatic heterocycles. The zero-order chi connectivity index (χ0) is 11.7. The fraction of sp³-hybridized carbons (Fsp3) is 0.500. The highest BCUT2D eigenvalue weighted by Gasteiger charge is 2.23. The van der Waals surface area contributed by atoms with E-state index in [1.165, 1.54) is 23.2 Å². The lowest BCUT2D eigenvalue weighted by atomic mass is 9.88. The van der Waals surface area contributed by atoms with Gasteiger partial charge in [0.05, 0.1) is 13.0 Å². The Labute approximate surface area is 101 Å². The number of ether oxygens (including phenoxy) is 1. The van der Waals surface area contributed by atoms with E-state index >= 15 is 0 Å². The van der Waals surface area contributed by atoms with Crippen LogP contribution in [0.5, 0.6) is 0 Å². The first kappa shape index (κ1) is 10.6. The monoisotopic (exact) mass is 231 g/mol. The third kappa shape index (κ3) is 2.14. The molecule has 17 heavy (non-hydrogen) atoms. The molecule has 0 amide bonds. The number of cyclic esters (lactones) is 1. The van der Waals surface area contributed by atoms with Crippen molar-refractivity contribution in [3.63, 3.8) is 0 Å². The summed E-state index contributed by atoms with van der Waals surface area (Å²) in [5, 5.41) is 3.41. The molecule has 3 rings (SSSR count). The molecule has 0 radical (unpaired) electrons. The fourth-order valence-electron chi connectivity index (χ4n) is 2.71. The maximum atomic E-state index is 11.3. The first-order valence-corrected chi connectivity index (χ1v) is 6.35. The molecule has 1 aromatic carbocycles. The van der Waals surface area contributed by atoms with Gasteiger partial charge in [-0.15, -0.1) is 0 Å². The lowest BCUT2D eigenvalue weighted by Crippen LogP contribution is -2.20. The van der Waals surface area contributed by atoms with E-state index in [0.29, 0.717) is 18.9 Å². The summed E-state index contributed by atoms with van der Waals surface area (Å²) < 4.78 is 4.99. The Kier molecular flexibility index (Phi) is 2.75. The number of esters is 1. The van der Waals surface area contributed by atoms with Crippen molar-refractivity contribution in [2.75, 3.05) is 18.5 Å². The fourth-order valence-corrected chi connectivity index (χ4v) is 2.71. The SMILES string of the molecule is O=C1C[C@@H](c2ccc3c(c2)CCCN3)CCO1. The Morgan fingerprint density at radius 2 is 2.29 bits per heavy atom. The highest BCUT2D eigenvalue weighted by Crippen LogP contribution is 2.31. The molecule has 2 heterocycles. The molecular formula is C14H17NO2. The van der Waals surface area contributed by atoms with Gasteiger partial charge in [0, 0.05) is 12.2 Å². The summed E-state index contributed by atoms with van der Waals surface area (Å²) in [6.07, 6.45) is 3.83. The number of benzene rings is 1. The second-order valence-corrected chi connectivity index (χ2v) is 4.86. The summed E-state index contributed by atoms with van der Waals surface area (Å²) >= 11 is 0. The van der Waals surface area contributed by atoms with Gasteiger partial charge >= 0.3 is 5.97 Å². The molecule has 0 bridgehead atoms. The van der Waals surface area contributed by atoms with Crippen LogP contribution in [-0.2, 0) is 16.0 Å². The maximum absolute atomic E-state index is 11.3. The third-order valence-corrected chi connectivity index (χ3v) is 3.68. The van der Waals surface area contributed by atoms with Crippen molar-refractivity contribution in [1.82, 2.24) is 0 Å². The molecule has 1 fully saturated rings. The number of fused-ring (bicyclic) bond motifs is 1. The predicted molar refractivity (Wildman–Crippen MR) is 66.2 cm³/mol. The Balaban J connectivity index is 1.85. The van der Waals surface area contributed by atoms with Gasteiger partial charge in [0.1, 0.15) is 0 Å². The van der Waals surface area contributed by atoms with E-state index in [4.69, 9.17) is 4.74 Å². The first-order chi connectivity index (χ1) is 8.33. The van der Waals surface area contributed by atoms with E-state index in [-0.39, 0.29) is 5.97 Å². The highest BCUT2D eigenvalue weighted by molar-refractivity contribution is 5.71. The van der Waals surface area contributed by atoms with Crippen molar-refractivity contribution in [2.45, 2.75) is 31.6 Å². The van der Waals surface area contributed by atoms with Crippen LogP contribution >= 0.6 is 0 Å². The molecule has 1 N–H and O–H groups in total. The molecule has 2 aliphatic rings. The van der Waals surface area contributed by atoms with Gasteiger partial charge in [-0.2, -0.15) is 0 Å². The number of hydrogen-bond acceptors (Lipinski definition) is 3. The van der Waals surface area contributed by atoms with Crippen LogP contribution in [0.4, 0.5) is 5.69 Å². The number of rotatable bonds is 1. The molecule has 0 unspecified atom stereocenters. The van der Waals surface area contributed by atoms with Crippen molar-refractivity contribution in [3.8, 4) is 0 Å². The number of nitrogens with one attached hydrogen (secondary N) is 1. The Morgan fingerprint density at radius 1 is 1.35 bits per heavy atom. The van der Waals surface area contributed by atoms with Gasteiger partial charge in [0.15, 0.2) is 0 Å². The second kappa shape index (κ2) is 4.40. The number of hydrogen-bond donors (Lipinski definition) is 1.